The largest absolute Gasteiger partial charge is 0.364 e. The Morgan fingerprint density at radius 3 is 2.86 bits per heavy atom. The van der Waals surface area contributed by atoms with Crippen molar-refractivity contribution in [3.05, 3.63) is 80.8 Å². The molecule has 2 amide bonds. The lowest BCUT2D eigenvalue weighted by molar-refractivity contribution is 0.0660. The minimum absolute atomic E-state index is 0.142. The van der Waals surface area contributed by atoms with E-state index in [0.717, 1.165) is 11.1 Å². The van der Waals surface area contributed by atoms with Crippen LogP contribution in [0.15, 0.2) is 42.0 Å². The van der Waals surface area contributed by atoms with Crippen LogP contribution in [0.1, 0.15) is 55.0 Å². The zero-order chi connectivity index (χ0) is 20.5. The van der Waals surface area contributed by atoms with E-state index >= 15 is 0 Å². The average molecular weight is 410 g/mol. The number of fused-ring (bicyclic) bond motifs is 1. The number of pyridine rings is 1. The summed E-state index contributed by atoms with van der Waals surface area (Å²) in [7, 11) is 0. The van der Waals surface area contributed by atoms with E-state index in [-0.39, 0.29) is 30.0 Å². The number of rotatable bonds is 5. The van der Waals surface area contributed by atoms with Gasteiger partial charge in [0.1, 0.15) is 16.4 Å². The molecule has 4 rings (SSSR count). The topological polar surface area (TPSA) is 89.2 Å². The molecule has 2 aromatic heterocycles. The Kier molecular flexibility index (Phi) is 5.10. The zero-order valence-electron chi connectivity index (χ0n) is 15.8. The van der Waals surface area contributed by atoms with E-state index in [1.54, 1.807) is 35.5 Å². The maximum atomic E-state index is 13.7. The zero-order valence-corrected chi connectivity index (χ0v) is 16.6. The number of hydrogen-bond acceptors (Lipinski definition) is 5. The minimum Gasteiger partial charge on any atom is -0.364 e. The highest BCUT2D eigenvalue weighted by molar-refractivity contribution is 7.11. The third-order valence-corrected chi connectivity index (χ3v) is 6.11. The molecule has 3 aromatic rings. The van der Waals surface area contributed by atoms with Crippen LogP contribution in [-0.4, -0.2) is 26.7 Å². The predicted octanol–water partition coefficient (Wildman–Crippen LogP) is 3.41. The second kappa shape index (κ2) is 7.71. The van der Waals surface area contributed by atoms with E-state index in [0.29, 0.717) is 29.0 Å². The molecule has 2 heterocycles. The number of primary amides is 1. The van der Waals surface area contributed by atoms with Crippen LogP contribution in [-0.2, 0) is 13.0 Å². The first-order valence-electron chi connectivity index (χ1n) is 9.18. The fraction of sp³-hybridized carbons (Fsp3) is 0.238. The summed E-state index contributed by atoms with van der Waals surface area (Å²) in [6.07, 6.45) is 2.85. The molecule has 0 spiro atoms. The number of aryl methyl sites for hydroxylation is 2. The number of benzene rings is 1. The van der Waals surface area contributed by atoms with Gasteiger partial charge in [0.2, 0.25) is 0 Å². The van der Waals surface area contributed by atoms with Crippen molar-refractivity contribution in [3.63, 3.8) is 0 Å². The Labute approximate surface area is 171 Å². The molecular weight excluding hydrogens is 391 g/mol. The van der Waals surface area contributed by atoms with Gasteiger partial charge in [0.15, 0.2) is 0 Å². The van der Waals surface area contributed by atoms with E-state index in [2.05, 4.69) is 9.97 Å². The molecule has 1 aliphatic carbocycles. The summed E-state index contributed by atoms with van der Waals surface area (Å²) in [5, 5.41) is 0. The first-order chi connectivity index (χ1) is 14.0. The van der Waals surface area contributed by atoms with Gasteiger partial charge in [-0.15, -0.1) is 11.3 Å². The molecule has 0 radical (unpaired) electrons. The number of nitrogens with two attached hydrogens (primary N) is 1. The van der Waals surface area contributed by atoms with Gasteiger partial charge in [-0.05, 0) is 49.1 Å². The molecule has 6 nitrogen and oxygen atoms in total. The number of halogens is 1. The molecule has 0 unspecified atom stereocenters. The Morgan fingerprint density at radius 1 is 1.31 bits per heavy atom. The smallest absolute Gasteiger partial charge is 0.267 e. The molecule has 1 aliphatic rings. The summed E-state index contributed by atoms with van der Waals surface area (Å²) < 4.78 is 13.7. The van der Waals surface area contributed by atoms with Crippen molar-refractivity contribution in [2.75, 3.05) is 0 Å². The molecule has 29 heavy (non-hydrogen) atoms. The fourth-order valence-corrected chi connectivity index (χ4v) is 4.58. The minimum atomic E-state index is -0.643. The summed E-state index contributed by atoms with van der Waals surface area (Å²) >= 11 is 1.28. The molecular formula is C21H19FN4O2S. The Bertz CT molecular complexity index is 1100. The molecule has 0 bridgehead atoms. The summed E-state index contributed by atoms with van der Waals surface area (Å²) in [5.74, 6) is -1.11. The summed E-state index contributed by atoms with van der Waals surface area (Å²) in [6.45, 7) is 1.96. The predicted molar refractivity (Wildman–Crippen MR) is 107 cm³/mol. The molecule has 1 aromatic carbocycles. The van der Waals surface area contributed by atoms with Crippen LogP contribution < -0.4 is 5.73 Å². The van der Waals surface area contributed by atoms with E-state index in [4.69, 9.17) is 5.73 Å². The first-order valence-corrected chi connectivity index (χ1v) is 10.1. The molecule has 8 heteroatoms. The SMILES string of the molecule is Cc1ncsc1C(=O)N(Cc1cccnc1C(N)=O)[C@@H]1CCc2cc(F)ccc21. The summed E-state index contributed by atoms with van der Waals surface area (Å²) in [5.41, 5.74) is 10.3. The molecule has 2 N–H and O–H groups in total. The van der Waals surface area contributed by atoms with Crippen molar-refractivity contribution in [1.82, 2.24) is 14.9 Å². The van der Waals surface area contributed by atoms with Crippen LogP contribution in [0.4, 0.5) is 4.39 Å². The number of nitrogens with zero attached hydrogens (tertiary/aromatic N) is 3. The Morgan fingerprint density at radius 2 is 2.14 bits per heavy atom. The van der Waals surface area contributed by atoms with Gasteiger partial charge in [-0.2, -0.15) is 0 Å². The van der Waals surface area contributed by atoms with Gasteiger partial charge < -0.3 is 10.6 Å². The van der Waals surface area contributed by atoms with Crippen LogP contribution in [0.3, 0.4) is 0 Å². The molecule has 0 fully saturated rings. The monoisotopic (exact) mass is 410 g/mol. The highest BCUT2D eigenvalue weighted by Crippen LogP contribution is 2.38. The lowest BCUT2D eigenvalue weighted by atomic mass is 10.0. The van der Waals surface area contributed by atoms with Crippen LogP contribution in [0.2, 0.25) is 0 Å². The van der Waals surface area contributed by atoms with E-state index in [9.17, 15) is 14.0 Å². The molecule has 148 valence electrons. The van der Waals surface area contributed by atoms with Crippen molar-refractivity contribution >= 4 is 23.2 Å². The first kappa shape index (κ1) is 19.2. The average Bonchev–Trinajstić information content (AvgIpc) is 3.31. The van der Waals surface area contributed by atoms with Gasteiger partial charge in [0, 0.05) is 18.3 Å². The van der Waals surface area contributed by atoms with Gasteiger partial charge in [0.25, 0.3) is 11.8 Å². The van der Waals surface area contributed by atoms with E-state index in [1.165, 1.54) is 29.7 Å². The highest BCUT2D eigenvalue weighted by atomic mass is 32.1. The van der Waals surface area contributed by atoms with Gasteiger partial charge in [0.05, 0.1) is 17.2 Å². The highest BCUT2D eigenvalue weighted by Gasteiger charge is 2.33. The Balaban J connectivity index is 1.77. The number of hydrogen-bond donors (Lipinski definition) is 1. The number of carbonyl (C=O) groups is 2. The standard InChI is InChI=1S/C21H19FN4O2S/c1-12-19(29-11-25-12)21(28)26(10-14-3-2-8-24-18(14)20(23)27)17-7-4-13-9-15(22)5-6-16(13)17/h2-3,5-6,8-9,11,17H,4,7,10H2,1H3,(H2,23,27)/t17-/m1/s1. The number of aromatic nitrogens is 2. The van der Waals surface area contributed by atoms with Crippen molar-refractivity contribution in [3.8, 4) is 0 Å². The molecule has 0 saturated heterocycles. The maximum absolute atomic E-state index is 13.7. The van der Waals surface area contributed by atoms with E-state index < -0.39 is 5.91 Å². The van der Waals surface area contributed by atoms with Gasteiger partial charge in [-0.25, -0.2) is 9.37 Å². The van der Waals surface area contributed by atoms with Gasteiger partial charge in [-0.3, -0.25) is 14.6 Å². The number of carbonyl (C=O) groups excluding carboxylic acids is 2. The maximum Gasteiger partial charge on any atom is 0.267 e. The summed E-state index contributed by atoms with van der Waals surface area (Å²) in [6, 6.07) is 7.89. The molecule has 1 atom stereocenters. The third kappa shape index (κ3) is 3.63. The lowest BCUT2D eigenvalue weighted by Crippen LogP contribution is -2.34. The normalized spacial score (nSPS) is 15.2. The van der Waals surface area contributed by atoms with Crippen LogP contribution in [0.25, 0.3) is 0 Å². The molecule has 0 saturated carbocycles. The fourth-order valence-electron chi connectivity index (χ4n) is 3.82. The van der Waals surface area contributed by atoms with Gasteiger partial charge in [-0.1, -0.05) is 12.1 Å². The second-order valence-corrected chi connectivity index (χ2v) is 7.83. The van der Waals surface area contributed by atoms with Crippen molar-refractivity contribution < 1.29 is 14.0 Å². The summed E-state index contributed by atoms with van der Waals surface area (Å²) in [4.78, 5) is 35.8. The lowest BCUT2D eigenvalue weighted by Gasteiger charge is -2.30. The number of amides is 2. The van der Waals surface area contributed by atoms with Gasteiger partial charge >= 0.3 is 0 Å². The van der Waals surface area contributed by atoms with Crippen molar-refractivity contribution in [1.29, 1.82) is 0 Å². The Hall–Kier alpha value is -3.13. The number of thiazole rings is 1. The quantitative estimate of drug-likeness (QED) is 0.698. The van der Waals surface area contributed by atoms with Crippen LogP contribution >= 0.6 is 11.3 Å². The van der Waals surface area contributed by atoms with Crippen molar-refractivity contribution in [2.24, 2.45) is 5.73 Å². The third-order valence-electron chi connectivity index (χ3n) is 5.19. The van der Waals surface area contributed by atoms with Crippen LogP contribution in [0.5, 0.6) is 0 Å². The molecule has 0 aliphatic heterocycles. The van der Waals surface area contributed by atoms with Crippen LogP contribution in [0, 0.1) is 12.7 Å². The second-order valence-electron chi connectivity index (χ2n) is 6.97. The van der Waals surface area contributed by atoms with E-state index in [1.807, 2.05) is 0 Å². The van der Waals surface area contributed by atoms with Crippen molar-refractivity contribution in [2.45, 2.75) is 32.4 Å².